The second-order valence-electron chi connectivity index (χ2n) is 8.04. The van der Waals surface area contributed by atoms with E-state index in [1.165, 1.54) is 12.8 Å². The average molecular weight is 395 g/mol. The first-order valence-electron chi connectivity index (χ1n) is 10.0. The van der Waals surface area contributed by atoms with Crippen LogP contribution >= 0.6 is 0 Å². The van der Waals surface area contributed by atoms with Gasteiger partial charge in [-0.1, -0.05) is 30.3 Å². The van der Waals surface area contributed by atoms with Crippen molar-refractivity contribution in [2.45, 2.75) is 37.8 Å². The van der Waals surface area contributed by atoms with Crippen molar-refractivity contribution in [3.05, 3.63) is 58.4 Å². The number of benzene rings is 1. The van der Waals surface area contributed by atoms with E-state index in [0.717, 1.165) is 12.1 Å². The lowest BCUT2D eigenvalue weighted by molar-refractivity contribution is -0.139. The van der Waals surface area contributed by atoms with Crippen LogP contribution in [-0.4, -0.2) is 52.0 Å². The summed E-state index contributed by atoms with van der Waals surface area (Å²) in [7, 11) is 0. The van der Waals surface area contributed by atoms with Crippen LogP contribution in [0.25, 0.3) is 11.3 Å². The highest BCUT2D eigenvalue weighted by Crippen LogP contribution is 2.33. The Morgan fingerprint density at radius 1 is 1.10 bits per heavy atom. The van der Waals surface area contributed by atoms with Crippen molar-refractivity contribution >= 4 is 11.9 Å². The van der Waals surface area contributed by atoms with Gasteiger partial charge in [0.15, 0.2) is 0 Å². The maximum Gasteiger partial charge on any atom is 0.317 e. The summed E-state index contributed by atoms with van der Waals surface area (Å²) in [6.07, 6.45) is 3.77. The number of hydrogen-bond acceptors (Lipinski definition) is 4. The fourth-order valence-electron chi connectivity index (χ4n) is 3.85. The van der Waals surface area contributed by atoms with Gasteiger partial charge in [-0.3, -0.25) is 19.3 Å². The topological polar surface area (TPSA) is 102 Å². The lowest BCUT2D eigenvalue weighted by Gasteiger charge is -2.42. The molecule has 7 heteroatoms. The number of aromatic amines is 1. The smallest absolute Gasteiger partial charge is 0.317 e. The zero-order valence-electron chi connectivity index (χ0n) is 16.1. The summed E-state index contributed by atoms with van der Waals surface area (Å²) < 4.78 is 0. The minimum atomic E-state index is -0.817. The van der Waals surface area contributed by atoms with Crippen LogP contribution in [0.1, 0.15) is 36.0 Å². The molecule has 152 valence electrons. The third kappa shape index (κ3) is 4.74. The minimum absolute atomic E-state index is 0.0313. The fraction of sp³-hybridized carbons (Fsp3) is 0.409. The average Bonchev–Trinajstić information content (AvgIpc) is 3.48. The SMILES string of the molecule is O=C(O)CN(CC1CC1)C1CC(NC(=O)c2ccc(-c3ccccc3)[nH]c2=O)C1. The highest BCUT2D eigenvalue weighted by molar-refractivity contribution is 5.94. The second kappa shape index (κ2) is 8.21. The predicted octanol–water partition coefficient (Wildman–Crippen LogP) is 2.10. The molecule has 0 radical (unpaired) electrons. The van der Waals surface area contributed by atoms with Gasteiger partial charge in [-0.25, -0.2) is 0 Å². The van der Waals surface area contributed by atoms with E-state index in [-0.39, 0.29) is 30.1 Å². The molecule has 2 aliphatic carbocycles. The van der Waals surface area contributed by atoms with E-state index in [9.17, 15) is 14.4 Å². The van der Waals surface area contributed by atoms with Crippen molar-refractivity contribution in [1.29, 1.82) is 0 Å². The molecule has 29 heavy (non-hydrogen) atoms. The standard InChI is InChI=1S/C22H25N3O4/c26-20(27)13-25(12-14-6-7-14)17-10-16(11-17)23-21(28)18-8-9-19(24-22(18)29)15-4-2-1-3-5-15/h1-5,8-9,14,16-17H,6-7,10-13H2,(H,23,28)(H,24,29)(H,26,27). The van der Waals surface area contributed by atoms with Crippen molar-refractivity contribution < 1.29 is 14.7 Å². The van der Waals surface area contributed by atoms with E-state index in [0.29, 0.717) is 24.5 Å². The maximum atomic E-state index is 12.5. The highest BCUT2D eigenvalue weighted by atomic mass is 16.4. The Labute approximate surface area is 168 Å². The van der Waals surface area contributed by atoms with Gasteiger partial charge in [0.2, 0.25) is 0 Å². The number of aromatic nitrogens is 1. The summed E-state index contributed by atoms with van der Waals surface area (Å²) in [4.78, 5) is 40.8. The minimum Gasteiger partial charge on any atom is -0.480 e. The zero-order valence-corrected chi connectivity index (χ0v) is 16.1. The van der Waals surface area contributed by atoms with Crippen LogP contribution in [0, 0.1) is 5.92 Å². The van der Waals surface area contributed by atoms with E-state index in [4.69, 9.17) is 5.11 Å². The Bertz CT molecular complexity index is 946. The van der Waals surface area contributed by atoms with E-state index in [2.05, 4.69) is 10.3 Å². The number of hydrogen-bond donors (Lipinski definition) is 3. The van der Waals surface area contributed by atoms with Gasteiger partial charge in [0.05, 0.1) is 6.54 Å². The number of rotatable bonds is 8. The second-order valence-corrected chi connectivity index (χ2v) is 8.04. The number of aliphatic carboxylic acids is 1. The first-order valence-corrected chi connectivity index (χ1v) is 10.0. The van der Waals surface area contributed by atoms with E-state index >= 15 is 0 Å². The van der Waals surface area contributed by atoms with Crippen LogP contribution in [0.4, 0.5) is 0 Å². The molecule has 0 unspecified atom stereocenters. The summed E-state index contributed by atoms with van der Waals surface area (Å²) in [6, 6.07) is 12.9. The monoisotopic (exact) mass is 395 g/mol. The lowest BCUT2D eigenvalue weighted by Crippen LogP contribution is -2.55. The van der Waals surface area contributed by atoms with Gasteiger partial charge in [0, 0.05) is 24.3 Å². The number of H-pyrrole nitrogens is 1. The summed E-state index contributed by atoms with van der Waals surface area (Å²) in [5.74, 6) is -0.589. The van der Waals surface area contributed by atoms with E-state index in [1.807, 2.05) is 35.2 Å². The summed E-state index contributed by atoms with van der Waals surface area (Å²) in [6.45, 7) is 0.862. The van der Waals surface area contributed by atoms with Crippen molar-refractivity contribution in [2.75, 3.05) is 13.1 Å². The third-order valence-electron chi connectivity index (χ3n) is 5.73. The molecule has 1 amide bonds. The molecular formula is C22H25N3O4. The Balaban J connectivity index is 1.34. The van der Waals surface area contributed by atoms with Crippen LogP contribution in [0.2, 0.25) is 0 Å². The third-order valence-corrected chi connectivity index (χ3v) is 5.73. The zero-order chi connectivity index (χ0) is 20.4. The largest absolute Gasteiger partial charge is 0.480 e. The molecule has 1 aromatic heterocycles. The molecule has 0 aliphatic heterocycles. The van der Waals surface area contributed by atoms with Gasteiger partial charge >= 0.3 is 5.97 Å². The molecule has 2 fully saturated rings. The first kappa shape index (κ1) is 19.4. The molecule has 0 saturated heterocycles. The van der Waals surface area contributed by atoms with Gasteiger partial charge in [-0.2, -0.15) is 0 Å². The molecule has 3 N–H and O–H groups in total. The molecule has 0 atom stereocenters. The highest BCUT2D eigenvalue weighted by Gasteiger charge is 2.38. The van der Waals surface area contributed by atoms with Crippen molar-refractivity contribution in [3.63, 3.8) is 0 Å². The fourth-order valence-corrected chi connectivity index (χ4v) is 3.85. The van der Waals surface area contributed by atoms with E-state index in [1.54, 1.807) is 12.1 Å². The van der Waals surface area contributed by atoms with Gasteiger partial charge in [0.25, 0.3) is 11.5 Å². The number of pyridine rings is 1. The number of carbonyl (C=O) groups excluding carboxylic acids is 1. The Morgan fingerprint density at radius 3 is 2.45 bits per heavy atom. The first-order chi connectivity index (χ1) is 14.0. The lowest BCUT2D eigenvalue weighted by atomic mass is 9.85. The van der Waals surface area contributed by atoms with Crippen molar-refractivity contribution in [3.8, 4) is 11.3 Å². The van der Waals surface area contributed by atoms with Gasteiger partial charge < -0.3 is 15.4 Å². The van der Waals surface area contributed by atoms with Crippen LogP contribution in [-0.2, 0) is 4.79 Å². The van der Waals surface area contributed by atoms with Crippen LogP contribution in [0.3, 0.4) is 0 Å². The molecule has 0 bridgehead atoms. The van der Waals surface area contributed by atoms with Crippen LogP contribution in [0.5, 0.6) is 0 Å². The quantitative estimate of drug-likeness (QED) is 0.635. The number of nitrogens with zero attached hydrogens (tertiary/aromatic N) is 1. The molecule has 1 aromatic carbocycles. The summed E-state index contributed by atoms with van der Waals surface area (Å²) in [5, 5.41) is 12.0. The Kier molecular flexibility index (Phi) is 5.49. The molecule has 4 rings (SSSR count). The molecular weight excluding hydrogens is 370 g/mol. The predicted molar refractivity (Wildman–Crippen MR) is 109 cm³/mol. The number of carboxylic acid groups (broad SMARTS) is 1. The van der Waals surface area contributed by atoms with Gasteiger partial charge in [0.1, 0.15) is 5.56 Å². The molecule has 1 heterocycles. The molecule has 0 spiro atoms. The normalized spacial score (nSPS) is 20.9. The molecule has 2 aromatic rings. The van der Waals surface area contributed by atoms with Crippen LogP contribution < -0.4 is 10.9 Å². The molecule has 2 saturated carbocycles. The number of carbonyl (C=O) groups is 2. The van der Waals surface area contributed by atoms with Gasteiger partial charge in [-0.05, 0) is 49.3 Å². The summed E-state index contributed by atoms with van der Waals surface area (Å²) >= 11 is 0. The van der Waals surface area contributed by atoms with Gasteiger partial charge in [-0.15, -0.1) is 0 Å². The molecule has 7 nitrogen and oxygen atoms in total. The number of nitrogens with one attached hydrogen (secondary N) is 2. The van der Waals surface area contributed by atoms with Crippen LogP contribution in [0.15, 0.2) is 47.3 Å². The maximum absolute atomic E-state index is 12.5. The van der Waals surface area contributed by atoms with E-state index < -0.39 is 11.5 Å². The molecule has 2 aliphatic rings. The van der Waals surface area contributed by atoms with Crippen molar-refractivity contribution in [1.82, 2.24) is 15.2 Å². The number of amides is 1. The Morgan fingerprint density at radius 2 is 1.83 bits per heavy atom. The number of carboxylic acids is 1. The Hall–Kier alpha value is -2.93. The summed E-state index contributed by atoms with van der Waals surface area (Å²) in [5.41, 5.74) is 1.22. The van der Waals surface area contributed by atoms with Crippen molar-refractivity contribution in [2.24, 2.45) is 5.92 Å².